The van der Waals surface area contributed by atoms with Crippen LogP contribution in [0.15, 0.2) is 48.5 Å². The third-order valence-corrected chi connectivity index (χ3v) is 3.59. The van der Waals surface area contributed by atoms with E-state index in [4.69, 9.17) is 9.59 Å². The highest BCUT2D eigenvalue weighted by Gasteiger charge is 2.53. The van der Waals surface area contributed by atoms with Crippen LogP contribution in [0.2, 0.25) is 0 Å². The summed E-state index contributed by atoms with van der Waals surface area (Å²) in [6.45, 7) is 5.08. The van der Waals surface area contributed by atoms with E-state index < -0.39 is 24.1 Å². The predicted octanol–water partition coefficient (Wildman–Crippen LogP) is 6.16. The number of hydrogen-bond donors (Lipinski definition) is 2. The molecule has 0 spiro atoms. The Morgan fingerprint density at radius 2 is 0.968 bits per heavy atom. The van der Waals surface area contributed by atoms with Gasteiger partial charge in [0.25, 0.3) is 0 Å². The first-order valence-corrected chi connectivity index (χ1v) is 8.89. The van der Waals surface area contributed by atoms with E-state index in [1.165, 1.54) is 48.5 Å². The van der Waals surface area contributed by atoms with Gasteiger partial charge in [0.05, 0.1) is 0 Å². The van der Waals surface area contributed by atoms with Crippen LogP contribution in [0.25, 0.3) is 0 Å². The Morgan fingerprint density at radius 1 is 0.742 bits per heavy atom. The maximum absolute atomic E-state index is 13.6. The summed E-state index contributed by atoms with van der Waals surface area (Å²) in [4.78, 5) is 17.3. The van der Waals surface area contributed by atoms with Gasteiger partial charge in [-0.25, -0.2) is 0 Å². The average molecular weight is 475 g/mol. The second-order valence-corrected chi connectivity index (χ2v) is 5.64. The van der Waals surface area contributed by atoms with Gasteiger partial charge in [0, 0.05) is 0 Å². The number of carbonyl (C=O) groups is 2. The monoisotopic (exact) mass is 474 g/mol. The number of benzene rings is 2. The van der Waals surface area contributed by atoms with E-state index >= 15 is 0 Å². The van der Waals surface area contributed by atoms with Crippen LogP contribution in [-0.2, 0) is 15.0 Å². The zero-order valence-corrected chi connectivity index (χ0v) is 17.4. The Hall–Kier alpha value is -2.75. The molecule has 0 fully saturated rings. The van der Waals surface area contributed by atoms with Gasteiger partial charge in [-0.3, -0.25) is 9.59 Å². The molecule has 11 heteroatoms. The van der Waals surface area contributed by atoms with Crippen molar-refractivity contribution in [3.63, 3.8) is 0 Å². The summed E-state index contributed by atoms with van der Waals surface area (Å²) in [5.41, 5.74) is -2.17. The van der Waals surface area contributed by atoms with E-state index in [1.807, 2.05) is 13.8 Å². The van der Waals surface area contributed by atoms with E-state index in [0.29, 0.717) is 0 Å². The first kappa shape index (κ1) is 30.4. The van der Waals surface area contributed by atoms with Crippen LogP contribution in [0.1, 0.15) is 31.9 Å². The molecule has 31 heavy (non-hydrogen) atoms. The molecule has 2 rings (SSSR count). The third kappa shape index (κ3) is 10.2. The SMILES string of the molecule is CC.CC(c1ccc(O)cc1)(c1ccc(O)cc1)C(F)(F)F.O=CC(F)(F)F.O=CCl. The molecule has 0 atom stereocenters. The van der Waals surface area contributed by atoms with Crippen LogP contribution in [0.5, 0.6) is 11.5 Å². The molecular formula is C20H21ClF6O4. The van der Waals surface area contributed by atoms with E-state index in [0.717, 1.165) is 6.92 Å². The van der Waals surface area contributed by atoms with Gasteiger partial charge in [-0.15, -0.1) is 0 Å². The summed E-state index contributed by atoms with van der Waals surface area (Å²) in [7, 11) is 0. The first-order chi connectivity index (χ1) is 14.2. The molecule has 0 radical (unpaired) electrons. The lowest BCUT2D eigenvalue weighted by atomic mass is 9.75. The Bertz CT molecular complexity index is 727. The number of carbonyl (C=O) groups excluding carboxylic acids is 2. The number of halogens is 7. The number of hydrogen-bond acceptors (Lipinski definition) is 4. The molecule has 0 bridgehead atoms. The number of rotatable bonds is 2. The summed E-state index contributed by atoms with van der Waals surface area (Å²) in [5.74, 6) is 0.0351. The topological polar surface area (TPSA) is 74.6 Å². The van der Waals surface area contributed by atoms with Crippen molar-refractivity contribution in [1.82, 2.24) is 0 Å². The van der Waals surface area contributed by atoms with Crippen molar-refractivity contribution >= 4 is 23.6 Å². The van der Waals surface area contributed by atoms with Gasteiger partial charge in [-0.05, 0) is 53.9 Å². The van der Waals surface area contributed by atoms with Crippen LogP contribution >= 0.6 is 11.6 Å². The van der Waals surface area contributed by atoms with Crippen LogP contribution in [0.4, 0.5) is 26.3 Å². The molecule has 0 aliphatic carbocycles. The zero-order valence-electron chi connectivity index (χ0n) is 16.6. The highest BCUT2D eigenvalue weighted by atomic mass is 35.5. The molecule has 0 heterocycles. The molecule has 0 aromatic heterocycles. The largest absolute Gasteiger partial charge is 0.508 e. The molecule has 0 unspecified atom stereocenters. The van der Waals surface area contributed by atoms with E-state index in [1.54, 1.807) is 0 Å². The summed E-state index contributed by atoms with van der Waals surface area (Å²) in [6, 6.07) is 9.87. The molecule has 0 saturated heterocycles. The highest BCUT2D eigenvalue weighted by molar-refractivity contribution is 6.54. The third-order valence-electron chi connectivity index (χ3n) is 3.59. The van der Waals surface area contributed by atoms with Gasteiger partial charge in [0.15, 0.2) is 0 Å². The summed E-state index contributed by atoms with van der Waals surface area (Å²) in [5, 5.41) is 18.4. The fourth-order valence-electron chi connectivity index (χ4n) is 2.08. The Kier molecular flexibility index (Phi) is 13.3. The van der Waals surface area contributed by atoms with Crippen LogP contribution in [0, 0.1) is 0 Å². The Morgan fingerprint density at radius 3 is 1.13 bits per heavy atom. The van der Waals surface area contributed by atoms with Gasteiger partial charge in [0.1, 0.15) is 16.9 Å². The summed E-state index contributed by atoms with van der Waals surface area (Å²) in [6.07, 6.45) is -10.2. The Balaban J connectivity index is 0. The maximum atomic E-state index is 13.6. The smallest absolute Gasteiger partial charge is 0.446 e. The van der Waals surface area contributed by atoms with Gasteiger partial charge in [-0.2, -0.15) is 26.3 Å². The molecule has 0 amide bonds. The van der Waals surface area contributed by atoms with Crippen molar-refractivity contribution in [2.45, 2.75) is 38.5 Å². The minimum atomic E-state index is -4.64. The molecule has 174 valence electrons. The molecule has 4 nitrogen and oxygen atoms in total. The van der Waals surface area contributed by atoms with Crippen molar-refractivity contribution in [2.24, 2.45) is 0 Å². The fourth-order valence-corrected chi connectivity index (χ4v) is 2.08. The minimum Gasteiger partial charge on any atom is -0.508 e. The van der Waals surface area contributed by atoms with E-state index in [9.17, 15) is 36.6 Å². The molecule has 2 aromatic carbocycles. The standard InChI is InChI=1S/C15H13F3O2.C2HF3O.C2H6.CHClO/c1-14(15(16,17)18,10-2-6-12(19)7-3-10)11-4-8-13(20)9-5-11;3-2(4,5)1-6;1-2;2-1-3/h2-9,19-20H,1H3;1H;1-2H3;1H. The summed E-state index contributed by atoms with van der Waals surface area (Å²) >= 11 is 4.32. The normalized spacial score (nSPS) is 10.8. The molecule has 0 aliphatic rings. The lowest BCUT2D eigenvalue weighted by molar-refractivity contribution is -0.173. The average Bonchev–Trinajstić information content (AvgIpc) is 2.70. The van der Waals surface area contributed by atoms with Crippen LogP contribution in [-0.4, -0.2) is 34.6 Å². The van der Waals surface area contributed by atoms with Gasteiger partial charge >= 0.3 is 12.4 Å². The van der Waals surface area contributed by atoms with Crippen LogP contribution < -0.4 is 0 Å². The predicted molar refractivity (Wildman–Crippen MR) is 105 cm³/mol. The highest BCUT2D eigenvalue weighted by Crippen LogP contribution is 2.46. The second-order valence-electron chi connectivity index (χ2n) is 5.47. The lowest BCUT2D eigenvalue weighted by Crippen LogP contribution is -2.40. The number of alkyl halides is 6. The quantitative estimate of drug-likeness (QED) is 0.311. The second kappa shape index (κ2) is 13.5. The fraction of sp³-hybridized carbons (Fsp3) is 0.300. The molecule has 2 aromatic rings. The maximum Gasteiger partial charge on any atom is 0.446 e. The van der Waals surface area contributed by atoms with Crippen molar-refractivity contribution in [3.8, 4) is 11.5 Å². The Labute approximate surface area is 180 Å². The lowest BCUT2D eigenvalue weighted by Gasteiger charge is -2.33. The van der Waals surface area contributed by atoms with Gasteiger partial charge < -0.3 is 10.2 Å². The molecule has 0 saturated carbocycles. The van der Waals surface area contributed by atoms with E-state index in [-0.39, 0.29) is 28.4 Å². The number of phenolic OH excluding ortho intramolecular Hbond substituents is 2. The molecular weight excluding hydrogens is 454 g/mol. The van der Waals surface area contributed by atoms with Crippen molar-refractivity contribution < 1.29 is 46.1 Å². The first-order valence-electron chi connectivity index (χ1n) is 8.45. The molecule has 0 aliphatic heterocycles. The number of aldehydes is 1. The molecule has 2 N–H and O–H groups in total. The number of phenols is 2. The minimum absolute atomic E-state index is 0.0217. The van der Waals surface area contributed by atoms with Crippen molar-refractivity contribution in [1.29, 1.82) is 0 Å². The van der Waals surface area contributed by atoms with E-state index in [2.05, 4.69) is 11.6 Å². The number of aromatic hydroxyl groups is 2. The van der Waals surface area contributed by atoms with Crippen molar-refractivity contribution in [3.05, 3.63) is 59.7 Å². The van der Waals surface area contributed by atoms with Crippen molar-refractivity contribution in [2.75, 3.05) is 0 Å². The van der Waals surface area contributed by atoms with Gasteiger partial charge in [0.2, 0.25) is 12.0 Å². The van der Waals surface area contributed by atoms with Crippen LogP contribution in [0.3, 0.4) is 0 Å². The zero-order chi connectivity index (χ0) is 24.9. The summed E-state index contributed by atoms with van der Waals surface area (Å²) < 4.78 is 71.9. The van der Waals surface area contributed by atoms with Gasteiger partial charge in [-0.1, -0.05) is 38.1 Å².